The maximum atomic E-state index is 13.3. The smallest absolute Gasteiger partial charge is 0.247 e. The van der Waals surface area contributed by atoms with E-state index in [9.17, 15) is 8.42 Å². The minimum Gasteiger partial charge on any atom is -0.275 e. The van der Waals surface area contributed by atoms with Gasteiger partial charge in [0, 0.05) is 31.9 Å². The molecule has 8 heteroatoms. The van der Waals surface area contributed by atoms with Crippen molar-refractivity contribution < 1.29 is 8.42 Å². The van der Waals surface area contributed by atoms with Crippen LogP contribution in [0.15, 0.2) is 23.5 Å². The number of hydrogen-bond donors (Lipinski definition) is 0. The summed E-state index contributed by atoms with van der Waals surface area (Å²) in [6.07, 6.45) is 8.97. The van der Waals surface area contributed by atoms with Gasteiger partial charge in [-0.25, -0.2) is 8.42 Å². The third-order valence-electron chi connectivity index (χ3n) is 4.76. The van der Waals surface area contributed by atoms with Gasteiger partial charge in [0.15, 0.2) is 0 Å². The molecule has 1 saturated heterocycles. The van der Waals surface area contributed by atoms with Gasteiger partial charge in [-0.1, -0.05) is 12.8 Å². The molecule has 0 spiro atoms. The number of sulfonamides is 1. The third kappa shape index (κ3) is 3.00. The summed E-state index contributed by atoms with van der Waals surface area (Å²) in [5.74, 6) is 0. The summed E-state index contributed by atoms with van der Waals surface area (Å²) in [6, 6.07) is -0.157. The van der Waals surface area contributed by atoms with Crippen LogP contribution in [0.2, 0.25) is 0 Å². The Morgan fingerprint density at radius 1 is 1.21 bits per heavy atom. The van der Waals surface area contributed by atoms with Gasteiger partial charge < -0.3 is 0 Å². The quantitative estimate of drug-likeness (QED) is 0.847. The second kappa shape index (κ2) is 6.68. The monoisotopic (exact) mass is 351 g/mol. The number of aromatic nitrogens is 4. The highest BCUT2D eigenvalue weighted by Crippen LogP contribution is 2.35. The first-order valence-corrected chi connectivity index (χ1v) is 9.92. The Balaban J connectivity index is 2.03. The summed E-state index contributed by atoms with van der Waals surface area (Å²) in [7, 11) is -1.72. The van der Waals surface area contributed by atoms with Crippen LogP contribution < -0.4 is 0 Å². The molecule has 1 aliphatic heterocycles. The van der Waals surface area contributed by atoms with Crippen molar-refractivity contribution in [3.63, 3.8) is 0 Å². The maximum Gasteiger partial charge on any atom is 0.247 e. The van der Waals surface area contributed by atoms with Gasteiger partial charge in [0.25, 0.3) is 0 Å². The van der Waals surface area contributed by atoms with E-state index in [0.717, 1.165) is 31.2 Å². The highest BCUT2D eigenvalue weighted by molar-refractivity contribution is 7.89. The molecule has 0 N–H and O–H groups in total. The summed E-state index contributed by atoms with van der Waals surface area (Å²) >= 11 is 0. The fourth-order valence-corrected chi connectivity index (χ4v) is 5.29. The number of nitrogens with zero attached hydrogens (tertiary/aromatic N) is 5. The first-order valence-electron chi connectivity index (χ1n) is 8.48. The van der Waals surface area contributed by atoms with Crippen LogP contribution in [0.1, 0.15) is 49.9 Å². The second-order valence-corrected chi connectivity index (χ2v) is 8.20. The highest BCUT2D eigenvalue weighted by Gasteiger charge is 2.35. The van der Waals surface area contributed by atoms with Crippen molar-refractivity contribution in [1.82, 2.24) is 23.9 Å². The summed E-state index contributed by atoms with van der Waals surface area (Å²) in [6.45, 7) is 4.98. The average molecular weight is 351 g/mol. The molecule has 132 valence electrons. The lowest BCUT2D eigenvalue weighted by Crippen LogP contribution is -2.35. The molecule has 0 bridgehead atoms. The molecule has 1 fully saturated rings. The van der Waals surface area contributed by atoms with Gasteiger partial charge >= 0.3 is 0 Å². The van der Waals surface area contributed by atoms with Crippen LogP contribution in [0.25, 0.3) is 0 Å². The first kappa shape index (κ1) is 17.2. The summed E-state index contributed by atoms with van der Waals surface area (Å²) in [5, 5.41) is 8.44. The number of aryl methyl sites for hydroxylation is 2. The van der Waals surface area contributed by atoms with Crippen molar-refractivity contribution in [1.29, 1.82) is 0 Å². The molecule has 1 atom stereocenters. The zero-order chi connectivity index (χ0) is 17.3. The molecule has 0 aromatic carbocycles. The Hall–Kier alpha value is -1.67. The van der Waals surface area contributed by atoms with Crippen molar-refractivity contribution >= 4 is 10.0 Å². The van der Waals surface area contributed by atoms with Gasteiger partial charge in [-0.3, -0.25) is 9.36 Å². The molecule has 0 saturated carbocycles. The normalized spacial score (nSPS) is 20.2. The molecule has 0 amide bonds. The molecular weight excluding hydrogens is 326 g/mol. The molecule has 0 aliphatic carbocycles. The Bertz CT molecular complexity index is 808. The summed E-state index contributed by atoms with van der Waals surface area (Å²) < 4.78 is 31.8. The van der Waals surface area contributed by atoms with Crippen LogP contribution >= 0.6 is 0 Å². The first-order chi connectivity index (χ1) is 11.4. The summed E-state index contributed by atoms with van der Waals surface area (Å²) in [4.78, 5) is 0.320. The van der Waals surface area contributed by atoms with E-state index in [0.29, 0.717) is 23.7 Å². The van der Waals surface area contributed by atoms with Crippen LogP contribution in [0.5, 0.6) is 0 Å². The topological polar surface area (TPSA) is 73.0 Å². The van der Waals surface area contributed by atoms with E-state index in [2.05, 4.69) is 10.2 Å². The molecule has 0 radical (unpaired) electrons. The van der Waals surface area contributed by atoms with E-state index in [1.165, 1.54) is 6.20 Å². The van der Waals surface area contributed by atoms with Gasteiger partial charge in [-0.05, 0) is 26.7 Å². The van der Waals surface area contributed by atoms with Crippen LogP contribution in [-0.4, -0.2) is 38.8 Å². The van der Waals surface area contributed by atoms with Crippen molar-refractivity contribution in [2.45, 2.75) is 57.0 Å². The highest BCUT2D eigenvalue weighted by atomic mass is 32.2. The van der Waals surface area contributed by atoms with Crippen LogP contribution in [-0.2, 0) is 23.6 Å². The average Bonchev–Trinajstić information content (AvgIpc) is 3.04. The lowest BCUT2D eigenvalue weighted by Gasteiger charge is -2.28. The van der Waals surface area contributed by atoms with Crippen molar-refractivity contribution in [2.24, 2.45) is 7.05 Å². The Kier molecular flexibility index (Phi) is 4.78. The molecule has 1 aliphatic rings. The Morgan fingerprint density at radius 2 is 2.00 bits per heavy atom. The van der Waals surface area contributed by atoms with Crippen molar-refractivity contribution in [3.8, 4) is 0 Å². The van der Waals surface area contributed by atoms with E-state index in [1.807, 2.05) is 27.1 Å². The van der Waals surface area contributed by atoms with Gasteiger partial charge in [0.2, 0.25) is 10.0 Å². The molecule has 1 unspecified atom stereocenters. The van der Waals surface area contributed by atoms with Gasteiger partial charge in [-0.2, -0.15) is 14.5 Å². The molecule has 2 aromatic rings. The fraction of sp³-hybridized carbons (Fsp3) is 0.625. The molecule has 24 heavy (non-hydrogen) atoms. The zero-order valence-corrected chi connectivity index (χ0v) is 15.3. The van der Waals surface area contributed by atoms with Gasteiger partial charge in [0.05, 0.1) is 24.1 Å². The lowest BCUT2D eigenvalue weighted by atomic mass is 10.1. The van der Waals surface area contributed by atoms with E-state index < -0.39 is 10.0 Å². The van der Waals surface area contributed by atoms with Crippen LogP contribution in [0.3, 0.4) is 0 Å². The van der Waals surface area contributed by atoms with Crippen molar-refractivity contribution in [2.75, 3.05) is 6.54 Å². The molecular formula is C16H25N5O2S. The van der Waals surface area contributed by atoms with E-state index >= 15 is 0 Å². The third-order valence-corrected chi connectivity index (χ3v) is 6.77. The van der Waals surface area contributed by atoms with Crippen LogP contribution in [0.4, 0.5) is 0 Å². The van der Waals surface area contributed by atoms with Gasteiger partial charge in [0.1, 0.15) is 4.90 Å². The standard InChI is InChI=1S/C16H25N5O2S/c1-4-20-13(2)16(11-18-20)24(22,23)21-9-7-5-6-8-15(21)14-10-17-19(3)12-14/h10-12,15H,4-9H2,1-3H3. The van der Waals surface area contributed by atoms with E-state index in [4.69, 9.17) is 0 Å². The Morgan fingerprint density at radius 3 is 2.62 bits per heavy atom. The number of hydrogen-bond acceptors (Lipinski definition) is 4. The van der Waals surface area contributed by atoms with Crippen molar-refractivity contribution in [3.05, 3.63) is 29.8 Å². The molecule has 2 aromatic heterocycles. The van der Waals surface area contributed by atoms with Gasteiger partial charge in [-0.15, -0.1) is 0 Å². The minimum absolute atomic E-state index is 0.157. The van der Waals surface area contributed by atoms with E-state index in [-0.39, 0.29) is 6.04 Å². The molecule has 3 heterocycles. The largest absolute Gasteiger partial charge is 0.275 e. The number of rotatable bonds is 4. The SMILES string of the molecule is CCn1ncc(S(=O)(=O)N2CCCCCC2c2cnn(C)c2)c1C. The minimum atomic E-state index is -3.58. The molecule has 3 rings (SSSR count). The van der Waals surface area contributed by atoms with Crippen LogP contribution in [0, 0.1) is 6.92 Å². The lowest BCUT2D eigenvalue weighted by molar-refractivity contribution is 0.328. The zero-order valence-electron chi connectivity index (χ0n) is 14.5. The summed E-state index contributed by atoms with van der Waals surface area (Å²) in [5.41, 5.74) is 1.66. The second-order valence-electron chi connectivity index (χ2n) is 6.34. The molecule has 7 nitrogen and oxygen atoms in total. The predicted octanol–water partition coefficient (Wildman–Crippen LogP) is 2.25. The fourth-order valence-electron chi connectivity index (χ4n) is 3.44. The Labute approximate surface area is 143 Å². The maximum absolute atomic E-state index is 13.3. The predicted molar refractivity (Wildman–Crippen MR) is 90.9 cm³/mol. The van der Waals surface area contributed by atoms with E-state index in [1.54, 1.807) is 19.9 Å².